The lowest BCUT2D eigenvalue weighted by atomic mass is 9.88. The molecule has 1 aromatic carbocycles. The molecule has 6 nitrogen and oxygen atoms in total. The van der Waals surface area contributed by atoms with Crippen LogP contribution in [0, 0.1) is 18.7 Å². The van der Waals surface area contributed by atoms with Gasteiger partial charge in [0.1, 0.15) is 12.0 Å². The van der Waals surface area contributed by atoms with Gasteiger partial charge in [-0.1, -0.05) is 18.2 Å². The number of aromatic nitrogens is 4. The van der Waals surface area contributed by atoms with Crippen molar-refractivity contribution in [2.24, 2.45) is 5.92 Å². The number of hydrogen-bond acceptors (Lipinski definition) is 4. The zero-order chi connectivity index (χ0) is 19.0. The van der Waals surface area contributed by atoms with Crippen LogP contribution in [0.3, 0.4) is 0 Å². The van der Waals surface area contributed by atoms with Crippen LogP contribution in [-0.2, 0) is 0 Å². The molecule has 1 unspecified atom stereocenters. The highest BCUT2D eigenvalue weighted by molar-refractivity contribution is 5.90. The third kappa shape index (κ3) is 3.27. The molecule has 4 rings (SSSR count). The zero-order valence-corrected chi connectivity index (χ0v) is 14.8. The molecule has 27 heavy (non-hydrogen) atoms. The number of nitrogens with zero attached hydrogens (tertiary/aromatic N) is 5. The van der Waals surface area contributed by atoms with E-state index in [1.165, 1.54) is 16.6 Å². The van der Waals surface area contributed by atoms with Crippen LogP contribution in [0.5, 0.6) is 0 Å². The molecule has 1 aliphatic heterocycles. The molecule has 2 aromatic heterocycles. The van der Waals surface area contributed by atoms with Gasteiger partial charge in [0, 0.05) is 30.5 Å². The average molecular weight is 371 g/mol. The number of likely N-dealkylation sites (tertiary alicyclic amines) is 1. The van der Waals surface area contributed by atoms with E-state index in [9.17, 15) is 13.6 Å². The number of fused-ring (bicyclic) bond motifs is 1. The fraction of sp³-hybridized carbons (Fsp3) is 0.368. The van der Waals surface area contributed by atoms with Gasteiger partial charge in [0.05, 0.1) is 0 Å². The summed E-state index contributed by atoms with van der Waals surface area (Å²) in [6.07, 6.45) is 1.17. The van der Waals surface area contributed by atoms with Crippen LogP contribution in [0.25, 0.3) is 5.78 Å². The fourth-order valence-corrected chi connectivity index (χ4v) is 3.49. The first-order valence-corrected chi connectivity index (χ1v) is 8.91. The van der Waals surface area contributed by atoms with Crippen molar-refractivity contribution in [2.75, 3.05) is 13.1 Å². The van der Waals surface area contributed by atoms with Crippen molar-refractivity contribution in [1.29, 1.82) is 0 Å². The summed E-state index contributed by atoms with van der Waals surface area (Å²) in [5.41, 5.74) is 0.918. The van der Waals surface area contributed by atoms with E-state index in [1.807, 2.05) is 6.92 Å². The Bertz CT molecular complexity index is 981. The summed E-state index contributed by atoms with van der Waals surface area (Å²) in [7, 11) is 0. The second-order valence-corrected chi connectivity index (χ2v) is 6.79. The van der Waals surface area contributed by atoms with E-state index in [0.717, 1.165) is 5.69 Å². The van der Waals surface area contributed by atoms with Crippen molar-refractivity contribution in [3.8, 4) is 0 Å². The lowest BCUT2D eigenvalue weighted by Crippen LogP contribution is -2.40. The van der Waals surface area contributed by atoms with E-state index in [1.54, 1.807) is 29.3 Å². The van der Waals surface area contributed by atoms with E-state index in [2.05, 4.69) is 15.1 Å². The number of carbonyl (C=O) groups excluding carboxylic acids is 1. The average Bonchev–Trinajstić information content (AvgIpc) is 3.13. The van der Waals surface area contributed by atoms with Crippen LogP contribution in [0.1, 0.15) is 40.9 Å². The Morgan fingerprint density at radius 3 is 2.67 bits per heavy atom. The Balaban J connectivity index is 1.44. The number of amides is 1. The summed E-state index contributed by atoms with van der Waals surface area (Å²) in [5.74, 6) is -0.679. The van der Waals surface area contributed by atoms with Crippen LogP contribution >= 0.6 is 0 Å². The van der Waals surface area contributed by atoms with E-state index in [0.29, 0.717) is 31.7 Å². The molecule has 1 fully saturated rings. The van der Waals surface area contributed by atoms with Crippen molar-refractivity contribution < 1.29 is 13.6 Å². The number of hydrogen-bond donors (Lipinski definition) is 0. The zero-order valence-electron chi connectivity index (χ0n) is 14.8. The molecule has 0 N–H and O–H groups in total. The first-order valence-electron chi connectivity index (χ1n) is 8.91. The highest BCUT2D eigenvalue weighted by atomic mass is 19.1. The summed E-state index contributed by atoms with van der Waals surface area (Å²) >= 11 is 0. The molecule has 1 atom stereocenters. The Labute approximate surface area is 154 Å². The summed E-state index contributed by atoms with van der Waals surface area (Å²) in [4.78, 5) is 22.6. The van der Waals surface area contributed by atoms with Gasteiger partial charge in [-0.2, -0.15) is 4.98 Å². The third-order valence-electron chi connectivity index (χ3n) is 5.06. The van der Waals surface area contributed by atoms with Gasteiger partial charge in [-0.25, -0.2) is 18.3 Å². The van der Waals surface area contributed by atoms with Gasteiger partial charge in [0.15, 0.2) is 0 Å². The topological polar surface area (TPSA) is 63.4 Å². The highest BCUT2D eigenvalue weighted by Gasteiger charge is 2.32. The lowest BCUT2D eigenvalue weighted by Gasteiger charge is -2.33. The molecule has 0 bridgehead atoms. The number of alkyl halides is 1. The largest absolute Gasteiger partial charge is 0.336 e. The van der Waals surface area contributed by atoms with Gasteiger partial charge in [0.25, 0.3) is 11.7 Å². The van der Waals surface area contributed by atoms with Gasteiger partial charge in [-0.05, 0) is 37.8 Å². The van der Waals surface area contributed by atoms with Crippen molar-refractivity contribution in [3.05, 3.63) is 59.4 Å². The molecule has 0 spiro atoms. The molecule has 1 amide bonds. The minimum atomic E-state index is -1.37. The highest BCUT2D eigenvalue weighted by Crippen LogP contribution is 2.35. The fourth-order valence-electron chi connectivity index (χ4n) is 3.49. The SMILES string of the molecule is Cc1ccnc2nc(C(=O)N3CCC(C(F)c4ccccc4F)CC3)nn12. The molecule has 8 heteroatoms. The predicted molar refractivity (Wildman–Crippen MR) is 94.4 cm³/mol. The summed E-state index contributed by atoms with van der Waals surface area (Å²) < 4.78 is 30.1. The quantitative estimate of drug-likeness (QED) is 0.710. The normalized spacial score (nSPS) is 16.6. The molecule has 1 saturated heterocycles. The first kappa shape index (κ1) is 17.5. The van der Waals surface area contributed by atoms with Gasteiger partial charge in [-0.3, -0.25) is 4.79 Å². The molecule has 0 saturated carbocycles. The van der Waals surface area contributed by atoms with Crippen molar-refractivity contribution in [3.63, 3.8) is 0 Å². The monoisotopic (exact) mass is 371 g/mol. The van der Waals surface area contributed by atoms with Crippen LogP contribution in [0.4, 0.5) is 8.78 Å². The molecule has 3 heterocycles. The Hall–Kier alpha value is -2.90. The lowest BCUT2D eigenvalue weighted by molar-refractivity contribution is 0.0615. The smallest absolute Gasteiger partial charge is 0.293 e. The molecule has 0 aliphatic carbocycles. The molecular weight excluding hydrogens is 352 g/mol. The van der Waals surface area contributed by atoms with Crippen LogP contribution in [0.2, 0.25) is 0 Å². The minimum Gasteiger partial charge on any atom is -0.336 e. The molecule has 1 aliphatic rings. The summed E-state index contributed by atoms with van der Waals surface area (Å²) in [6, 6.07) is 7.71. The van der Waals surface area contributed by atoms with Gasteiger partial charge in [0.2, 0.25) is 5.82 Å². The Morgan fingerprint density at radius 2 is 1.96 bits per heavy atom. The number of carbonyl (C=O) groups is 1. The van der Waals surface area contributed by atoms with E-state index >= 15 is 0 Å². The van der Waals surface area contributed by atoms with Crippen molar-refractivity contribution in [1.82, 2.24) is 24.5 Å². The summed E-state index contributed by atoms with van der Waals surface area (Å²) in [5, 5.41) is 4.23. The standard InChI is InChI=1S/C19H19F2N5O/c1-12-6-9-22-19-23-17(24-26(12)19)18(27)25-10-7-13(8-11-25)16(21)14-4-2-3-5-15(14)20/h2-6,9,13,16H,7-8,10-11H2,1H3. The van der Waals surface area contributed by atoms with Gasteiger partial charge in [-0.15, -0.1) is 5.10 Å². The number of piperidine rings is 1. The Kier molecular flexibility index (Phi) is 4.55. The maximum Gasteiger partial charge on any atom is 0.293 e. The number of aryl methyl sites for hydroxylation is 1. The first-order chi connectivity index (χ1) is 13.0. The van der Waals surface area contributed by atoms with E-state index < -0.39 is 12.0 Å². The van der Waals surface area contributed by atoms with Crippen LogP contribution in [0.15, 0.2) is 36.5 Å². The second-order valence-electron chi connectivity index (χ2n) is 6.79. The molecular formula is C19H19F2N5O. The second kappa shape index (κ2) is 7.02. The molecule has 140 valence electrons. The van der Waals surface area contributed by atoms with Crippen molar-refractivity contribution >= 4 is 11.7 Å². The minimum absolute atomic E-state index is 0.0844. The van der Waals surface area contributed by atoms with Crippen LogP contribution in [-0.4, -0.2) is 43.5 Å². The van der Waals surface area contributed by atoms with Gasteiger partial charge < -0.3 is 4.90 Å². The number of benzene rings is 1. The van der Waals surface area contributed by atoms with E-state index in [-0.39, 0.29) is 23.2 Å². The van der Waals surface area contributed by atoms with Gasteiger partial charge >= 0.3 is 0 Å². The molecule has 3 aromatic rings. The van der Waals surface area contributed by atoms with Crippen molar-refractivity contribution in [2.45, 2.75) is 25.9 Å². The summed E-state index contributed by atoms with van der Waals surface area (Å²) in [6.45, 7) is 2.63. The maximum atomic E-state index is 14.7. The van der Waals surface area contributed by atoms with E-state index in [4.69, 9.17) is 0 Å². The molecule has 0 radical (unpaired) electrons. The predicted octanol–water partition coefficient (Wildman–Crippen LogP) is 3.13. The number of halogens is 2. The number of rotatable bonds is 3. The maximum absolute atomic E-state index is 14.7. The third-order valence-corrected chi connectivity index (χ3v) is 5.06. The Morgan fingerprint density at radius 1 is 1.22 bits per heavy atom. The van der Waals surface area contributed by atoms with Crippen LogP contribution < -0.4 is 0 Å².